The molecule has 5 aromatic rings. The summed E-state index contributed by atoms with van der Waals surface area (Å²) in [5.41, 5.74) is 4.77. The Morgan fingerprint density at radius 1 is 1.06 bits per heavy atom. The van der Waals surface area contributed by atoms with Crippen LogP contribution in [0.15, 0.2) is 72.5 Å². The molecule has 0 saturated carbocycles. The normalized spacial score (nSPS) is 11.0. The van der Waals surface area contributed by atoms with E-state index in [2.05, 4.69) is 43.0 Å². The number of thiazole rings is 1. The van der Waals surface area contributed by atoms with E-state index in [9.17, 15) is 4.39 Å². The van der Waals surface area contributed by atoms with Crippen LogP contribution in [0.5, 0.6) is 6.01 Å². The Kier molecular flexibility index (Phi) is 5.05. The zero-order chi connectivity index (χ0) is 21.2. The number of aromatic nitrogens is 4. The second-order valence-electron chi connectivity index (χ2n) is 6.97. The van der Waals surface area contributed by atoms with Crippen molar-refractivity contribution in [2.75, 3.05) is 12.4 Å². The molecule has 0 unspecified atom stereocenters. The molecule has 3 aromatic heterocycles. The molecule has 0 amide bonds. The third kappa shape index (κ3) is 4.10. The Hall–Kier alpha value is -3.78. The lowest BCUT2D eigenvalue weighted by Gasteiger charge is -2.07. The maximum Gasteiger partial charge on any atom is 0.316 e. The molecule has 0 saturated heterocycles. The van der Waals surface area contributed by atoms with Crippen LogP contribution in [0.25, 0.3) is 22.2 Å². The largest absolute Gasteiger partial charge is 0.467 e. The number of hydrogen-bond acceptors (Lipinski definition) is 6. The lowest BCUT2D eigenvalue weighted by atomic mass is 10.2. The number of nitrogens with zero attached hydrogens (tertiary/aromatic N) is 4. The highest BCUT2D eigenvalue weighted by Gasteiger charge is 2.08. The van der Waals surface area contributed by atoms with E-state index >= 15 is 0 Å². The lowest BCUT2D eigenvalue weighted by Crippen LogP contribution is -1.98. The van der Waals surface area contributed by atoms with Gasteiger partial charge in [0.15, 0.2) is 5.13 Å². The Morgan fingerprint density at radius 2 is 1.87 bits per heavy atom. The molecule has 0 fully saturated rings. The second-order valence-corrected chi connectivity index (χ2v) is 7.82. The molecule has 0 aliphatic rings. The molecule has 0 spiro atoms. The van der Waals surface area contributed by atoms with Crippen LogP contribution in [-0.2, 0) is 6.54 Å². The molecule has 8 heteroatoms. The van der Waals surface area contributed by atoms with E-state index < -0.39 is 0 Å². The molecule has 5 rings (SSSR count). The highest BCUT2D eigenvalue weighted by atomic mass is 32.1. The number of nitrogens with one attached hydrogen (secondary N) is 1. The molecule has 31 heavy (non-hydrogen) atoms. The van der Waals surface area contributed by atoms with Crippen LogP contribution in [-0.4, -0.2) is 26.6 Å². The summed E-state index contributed by atoms with van der Waals surface area (Å²) in [5.74, 6) is -0.221. The van der Waals surface area contributed by atoms with Gasteiger partial charge in [0.05, 0.1) is 12.8 Å². The Bertz CT molecular complexity index is 1330. The first-order chi connectivity index (χ1) is 15.2. The first kappa shape index (κ1) is 19.2. The molecule has 3 heterocycles. The van der Waals surface area contributed by atoms with Crippen LogP contribution < -0.4 is 10.1 Å². The summed E-state index contributed by atoms with van der Waals surface area (Å²) >= 11 is 1.52. The second kappa shape index (κ2) is 8.16. The van der Waals surface area contributed by atoms with Gasteiger partial charge in [0.25, 0.3) is 0 Å². The average molecular weight is 431 g/mol. The fraction of sp³-hybridized carbons (Fsp3) is 0.0870. The Morgan fingerprint density at radius 3 is 2.65 bits per heavy atom. The van der Waals surface area contributed by atoms with Crippen LogP contribution in [0.1, 0.15) is 5.56 Å². The van der Waals surface area contributed by atoms with Gasteiger partial charge in [0.1, 0.15) is 5.82 Å². The van der Waals surface area contributed by atoms with E-state index in [1.165, 1.54) is 30.6 Å². The number of rotatable bonds is 6. The van der Waals surface area contributed by atoms with Gasteiger partial charge in [-0.3, -0.25) is 0 Å². The average Bonchev–Trinajstić information content (AvgIpc) is 3.42. The summed E-state index contributed by atoms with van der Waals surface area (Å²) in [6.07, 6.45) is 5.43. The van der Waals surface area contributed by atoms with Crippen molar-refractivity contribution < 1.29 is 9.13 Å². The minimum absolute atomic E-state index is 0.221. The highest BCUT2D eigenvalue weighted by molar-refractivity contribution is 7.14. The number of hydrogen-bond donors (Lipinski definition) is 1. The first-order valence-electron chi connectivity index (χ1n) is 9.60. The van der Waals surface area contributed by atoms with E-state index in [0.717, 1.165) is 38.5 Å². The summed E-state index contributed by atoms with van der Waals surface area (Å²) in [6.45, 7) is 0.691. The molecule has 0 atom stereocenters. The van der Waals surface area contributed by atoms with Crippen LogP contribution in [0, 0.1) is 5.82 Å². The van der Waals surface area contributed by atoms with Gasteiger partial charge in [-0.05, 0) is 42.0 Å². The fourth-order valence-electron chi connectivity index (χ4n) is 3.34. The van der Waals surface area contributed by atoms with Crippen LogP contribution in [0.4, 0.5) is 15.2 Å². The van der Waals surface area contributed by atoms with Crippen molar-refractivity contribution in [3.05, 3.63) is 83.9 Å². The molecule has 0 aliphatic carbocycles. The molecule has 6 nitrogen and oxygen atoms in total. The minimum atomic E-state index is -0.221. The predicted molar refractivity (Wildman–Crippen MR) is 120 cm³/mol. The number of fused-ring (bicyclic) bond motifs is 1. The molecular weight excluding hydrogens is 413 g/mol. The number of ether oxygens (including phenoxy) is 1. The third-order valence-electron chi connectivity index (χ3n) is 4.90. The fourth-order valence-corrected chi connectivity index (χ4v) is 4.08. The van der Waals surface area contributed by atoms with E-state index in [1.807, 2.05) is 29.8 Å². The van der Waals surface area contributed by atoms with Gasteiger partial charge < -0.3 is 14.6 Å². The third-order valence-corrected chi connectivity index (χ3v) is 5.66. The molecule has 0 aliphatic heterocycles. The number of halogens is 1. The summed E-state index contributed by atoms with van der Waals surface area (Å²) < 4.78 is 20.3. The topological polar surface area (TPSA) is 64.9 Å². The molecule has 1 N–H and O–H groups in total. The van der Waals surface area contributed by atoms with Gasteiger partial charge in [-0.1, -0.05) is 12.1 Å². The SMILES string of the molecule is COc1ncc(-c2csc(Nc3ccc4c(ccn4Cc4ccc(F)cc4)c3)n2)cn1. The minimum Gasteiger partial charge on any atom is -0.467 e. The molecule has 154 valence electrons. The molecular formula is C23H18FN5OS. The van der Waals surface area contributed by atoms with Crippen LogP contribution >= 0.6 is 11.3 Å². The van der Waals surface area contributed by atoms with Crippen molar-refractivity contribution in [2.24, 2.45) is 0 Å². The van der Waals surface area contributed by atoms with Crippen LogP contribution in [0.3, 0.4) is 0 Å². The zero-order valence-electron chi connectivity index (χ0n) is 16.6. The maximum atomic E-state index is 13.1. The van der Waals surface area contributed by atoms with Gasteiger partial charge in [-0.2, -0.15) is 0 Å². The van der Waals surface area contributed by atoms with Crippen LogP contribution in [0.2, 0.25) is 0 Å². The summed E-state index contributed by atoms with van der Waals surface area (Å²) in [7, 11) is 1.54. The first-order valence-corrected chi connectivity index (χ1v) is 10.5. The number of benzene rings is 2. The van der Waals surface area contributed by atoms with Crippen molar-refractivity contribution in [2.45, 2.75) is 6.54 Å². The lowest BCUT2D eigenvalue weighted by molar-refractivity contribution is 0.380. The van der Waals surface area contributed by atoms with E-state index in [4.69, 9.17) is 4.74 Å². The quantitative estimate of drug-likeness (QED) is 0.385. The smallest absolute Gasteiger partial charge is 0.316 e. The summed E-state index contributed by atoms with van der Waals surface area (Å²) in [6, 6.07) is 15.2. The molecule has 2 aromatic carbocycles. The highest BCUT2D eigenvalue weighted by Crippen LogP contribution is 2.29. The summed E-state index contributed by atoms with van der Waals surface area (Å²) in [4.78, 5) is 12.9. The van der Waals surface area contributed by atoms with E-state index in [-0.39, 0.29) is 5.82 Å². The monoisotopic (exact) mass is 431 g/mol. The van der Waals surface area contributed by atoms with Crippen molar-refractivity contribution in [1.29, 1.82) is 0 Å². The van der Waals surface area contributed by atoms with Gasteiger partial charge in [0.2, 0.25) is 0 Å². The Labute approximate surface area is 182 Å². The predicted octanol–water partition coefficient (Wildman–Crippen LogP) is 5.49. The summed E-state index contributed by atoms with van der Waals surface area (Å²) in [5, 5.41) is 7.23. The Balaban J connectivity index is 1.33. The van der Waals surface area contributed by atoms with Gasteiger partial charge in [-0.25, -0.2) is 19.3 Å². The molecule has 0 bridgehead atoms. The van der Waals surface area contributed by atoms with Crippen molar-refractivity contribution >= 4 is 33.1 Å². The van der Waals surface area contributed by atoms with Crippen molar-refractivity contribution in [1.82, 2.24) is 19.5 Å². The number of anilines is 2. The molecule has 0 radical (unpaired) electrons. The zero-order valence-corrected chi connectivity index (χ0v) is 17.4. The van der Waals surface area contributed by atoms with E-state index in [1.54, 1.807) is 12.4 Å². The van der Waals surface area contributed by atoms with Gasteiger partial charge in [0, 0.05) is 52.7 Å². The van der Waals surface area contributed by atoms with Crippen molar-refractivity contribution in [3.63, 3.8) is 0 Å². The standard InChI is InChI=1S/C23H18FN5OS/c1-30-22-25-11-17(12-26-22)20-14-31-23(28-20)27-19-6-7-21-16(10-19)8-9-29(21)13-15-2-4-18(24)5-3-15/h2-12,14H,13H2,1H3,(H,27,28). The maximum absolute atomic E-state index is 13.1. The van der Waals surface area contributed by atoms with Crippen molar-refractivity contribution in [3.8, 4) is 17.3 Å². The van der Waals surface area contributed by atoms with Gasteiger partial charge >= 0.3 is 6.01 Å². The van der Waals surface area contributed by atoms with Gasteiger partial charge in [-0.15, -0.1) is 11.3 Å². The number of methoxy groups -OCH3 is 1. The van der Waals surface area contributed by atoms with E-state index in [0.29, 0.717) is 12.6 Å².